The molecule has 0 aliphatic heterocycles. The summed E-state index contributed by atoms with van der Waals surface area (Å²) in [4.78, 5) is 19.0. The number of hydrogen-bond acceptors (Lipinski definition) is 3. The highest BCUT2D eigenvalue weighted by atomic mass is 19.1. The van der Waals surface area contributed by atoms with Gasteiger partial charge in [-0.3, -0.25) is 4.79 Å². The number of rotatable bonds is 2. The van der Waals surface area contributed by atoms with Crippen molar-refractivity contribution in [2.24, 2.45) is 0 Å². The molecule has 2 aromatic carbocycles. The fourth-order valence-corrected chi connectivity index (χ4v) is 2.12. The number of fused-ring (bicyclic) bond motifs is 1. The van der Waals surface area contributed by atoms with Crippen molar-refractivity contribution in [1.82, 2.24) is 9.97 Å². The molecule has 100 valence electrons. The van der Waals surface area contributed by atoms with E-state index in [1.54, 1.807) is 36.4 Å². The highest BCUT2D eigenvalue weighted by Crippen LogP contribution is 2.29. The van der Waals surface area contributed by atoms with E-state index in [4.69, 9.17) is 4.74 Å². The number of para-hydroxylation sites is 2. The fourth-order valence-electron chi connectivity index (χ4n) is 2.12. The molecule has 0 unspecified atom stereocenters. The number of H-pyrrole nitrogens is 1. The Balaban J connectivity index is 2.31. The molecule has 0 atom stereocenters. The van der Waals surface area contributed by atoms with Gasteiger partial charge in [0.1, 0.15) is 5.82 Å². The van der Waals surface area contributed by atoms with E-state index in [2.05, 4.69) is 9.97 Å². The Kier molecular flexibility index (Phi) is 2.95. The molecule has 0 bridgehead atoms. The number of nitrogens with one attached hydrogen (secondary N) is 1. The van der Waals surface area contributed by atoms with Gasteiger partial charge in [-0.1, -0.05) is 18.2 Å². The maximum absolute atomic E-state index is 13.7. The summed E-state index contributed by atoms with van der Waals surface area (Å²) in [5.74, 6) is -0.156. The van der Waals surface area contributed by atoms with Crippen molar-refractivity contribution in [1.29, 1.82) is 0 Å². The van der Waals surface area contributed by atoms with E-state index in [1.165, 1.54) is 13.2 Å². The first-order valence-corrected chi connectivity index (χ1v) is 6.02. The van der Waals surface area contributed by atoms with Crippen molar-refractivity contribution >= 4 is 10.9 Å². The molecule has 0 amide bonds. The van der Waals surface area contributed by atoms with E-state index < -0.39 is 5.82 Å². The van der Waals surface area contributed by atoms with Crippen molar-refractivity contribution in [2.45, 2.75) is 0 Å². The van der Waals surface area contributed by atoms with Gasteiger partial charge in [-0.2, -0.15) is 0 Å². The molecule has 3 aromatic rings. The lowest BCUT2D eigenvalue weighted by Crippen LogP contribution is -2.10. The molecule has 0 saturated carbocycles. The topological polar surface area (TPSA) is 55.0 Å². The summed E-state index contributed by atoms with van der Waals surface area (Å²) in [5, 5.41) is 0.492. The van der Waals surface area contributed by atoms with Crippen molar-refractivity contribution in [3.63, 3.8) is 0 Å². The minimum Gasteiger partial charge on any atom is -0.493 e. The number of benzene rings is 2. The van der Waals surface area contributed by atoms with Crippen molar-refractivity contribution in [3.8, 4) is 17.1 Å². The monoisotopic (exact) mass is 270 g/mol. The Bertz CT molecular complexity index is 843. The van der Waals surface area contributed by atoms with Crippen LogP contribution < -0.4 is 10.3 Å². The minimum absolute atomic E-state index is 0.0610. The SMILES string of the molecule is COc1c(F)cccc1-c1nc2ccccc2c(=O)[nH]1. The van der Waals surface area contributed by atoms with Crippen molar-refractivity contribution < 1.29 is 9.13 Å². The first kappa shape index (κ1) is 12.3. The van der Waals surface area contributed by atoms with Gasteiger partial charge in [-0.25, -0.2) is 9.37 Å². The number of methoxy groups -OCH3 is 1. The third-order valence-corrected chi connectivity index (χ3v) is 3.04. The highest BCUT2D eigenvalue weighted by Gasteiger charge is 2.13. The third-order valence-electron chi connectivity index (χ3n) is 3.04. The molecule has 0 fully saturated rings. The van der Waals surface area contributed by atoms with Crippen LogP contribution in [0.2, 0.25) is 0 Å². The van der Waals surface area contributed by atoms with E-state index >= 15 is 0 Å². The molecule has 0 aliphatic rings. The number of aromatic amines is 1. The number of nitrogens with zero attached hydrogens (tertiary/aromatic N) is 1. The Morgan fingerprint density at radius 1 is 1.15 bits per heavy atom. The van der Waals surface area contributed by atoms with Gasteiger partial charge in [0, 0.05) is 0 Å². The summed E-state index contributed by atoms with van der Waals surface area (Å²) in [6, 6.07) is 11.5. The van der Waals surface area contributed by atoms with Crippen LogP contribution in [-0.2, 0) is 0 Å². The van der Waals surface area contributed by atoms with Crippen molar-refractivity contribution in [2.75, 3.05) is 7.11 Å². The van der Waals surface area contributed by atoms with E-state index in [0.29, 0.717) is 16.5 Å². The summed E-state index contributed by atoms with van der Waals surface area (Å²) in [6.07, 6.45) is 0. The number of halogens is 1. The standard InChI is InChI=1S/C15H11FN2O2/c1-20-13-10(6-4-7-11(13)16)14-17-12-8-3-2-5-9(12)15(19)18-14/h2-8H,1H3,(H,17,18,19). The minimum atomic E-state index is -0.499. The summed E-state index contributed by atoms with van der Waals surface area (Å²) < 4.78 is 18.8. The predicted molar refractivity (Wildman–Crippen MR) is 74.3 cm³/mol. The normalized spacial score (nSPS) is 10.7. The molecule has 1 heterocycles. The smallest absolute Gasteiger partial charge is 0.259 e. The van der Waals surface area contributed by atoms with Crippen molar-refractivity contribution in [3.05, 3.63) is 58.6 Å². The van der Waals surface area contributed by atoms with E-state index in [1.807, 2.05) is 0 Å². The molecule has 4 nitrogen and oxygen atoms in total. The second kappa shape index (κ2) is 4.77. The van der Waals surface area contributed by atoms with Gasteiger partial charge in [-0.15, -0.1) is 0 Å². The second-order valence-electron chi connectivity index (χ2n) is 4.25. The van der Waals surface area contributed by atoms with Gasteiger partial charge in [0.2, 0.25) is 0 Å². The van der Waals surface area contributed by atoms with Crippen LogP contribution in [-0.4, -0.2) is 17.1 Å². The van der Waals surface area contributed by atoms with Crippen LogP contribution in [0.5, 0.6) is 5.75 Å². The number of aromatic nitrogens is 2. The second-order valence-corrected chi connectivity index (χ2v) is 4.25. The first-order valence-electron chi connectivity index (χ1n) is 6.02. The van der Waals surface area contributed by atoms with Crippen LogP contribution in [0.15, 0.2) is 47.3 Å². The summed E-state index contributed by atoms with van der Waals surface area (Å²) in [6.45, 7) is 0. The molecular weight excluding hydrogens is 259 g/mol. The Morgan fingerprint density at radius 3 is 2.75 bits per heavy atom. The zero-order valence-electron chi connectivity index (χ0n) is 10.7. The molecule has 5 heteroatoms. The lowest BCUT2D eigenvalue weighted by Gasteiger charge is -2.09. The number of ether oxygens (including phenoxy) is 1. The van der Waals surface area contributed by atoms with E-state index in [0.717, 1.165) is 0 Å². The van der Waals surface area contributed by atoms with Crippen LogP contribution in [0.25, 0.3) is 22.3 Å². The van der Waals surface area contributed by atoms with Gasteiger partial charge in [0.25, 0.3) is 5.56 Å². The van der Waals surface area contributed by atoms with Crippen LogP contribution in [0.4, 0.5) is 4.39 Å². The molecule has 0 saturated heterocycles. The van der Waals surface area contributed by atoms with Gasteiger partial charge >= 0.3 is 0 Å². The van der Waals surface area contributed by atoms with Gasteiger partial charge in [-0.05, 0) is 24.3 Å². The average molecular weight is 270 g/mol. The molecule has 0 aliphatic carbocycles. The molecule has 3 rings (SSSR count). The lowest BCUT2D eigenvalue weighted by molar-refractivity contribution is 0.388. The first-order chi connectivity index (χ1) is 9.70. The van der Waals surface area contributed by atoms with E-state index in [9.17, 15) is 9.18 Å². The fraction of sp³-hybridized carbons (Fsp3) is 0.0667. The lowest BCUT2D eigenvalue weighted by atomic mass is 10.1. The number of hydrogen-bond donors (Lipinski definition) is 1. The van der Waals surface area contributed by atoms with Crippen LogP contribution in [0, 0.1) is 5.82 Å². The average Bonchev–Trinajstić information content (AvgIpc) is 2.47. The predicted octanol–water partition coefficient (Wildman–Crippen LogP) is 2.74. The molecule has 0 radical (unpaired) electrons. The molecular formula is C15H11FN2O2. The maximum Gasteiger partial charge on any atom is 0.259 e. The quantitative estimate of drug-likeness (QED) is 0.779. The zero-order chi connectivity index (χ0) is 14.1. The molecule has 0 spiro atoms. The largest absolute Gasteiger partial charge is 0.493 e. The maximum atomic E-state index is 13.7. The Hall–Kier alpha value is -2.69. The molecule has 20 heavy (non-hydrogen) atoms. The summed E-state index contributed by atoms with van der Waals surface area (Å²) in [7, 11) is 1.38. The highest BCUT2D eigenvalue weighted by molar-refractivity contribution is 5.80. The van der Waals surface area contributed by atoms with Gasteiger partial charge in [0.15, 0.2) is 11.6 Å². The van der Waals surface area contributed by atoms with E-state index in [-0.39, 0.29) is 17.1 Å². The van der Waals surface area contributed by atoms with Crippen LogP contribution >= 0.6 is 0 Å². The van der Waals surface area contributed by atoms with Crippen LogP contribution in [0.3, 0.4) is 0 Å². The van der Waals surface area contributed by atoms with Crippen LogP contribution in [0.1, 0.15) is 0 Å². The summed E-state index contributed by atoms with van der Waals surface area (Å²) >= 11 is 0. The third kappa shape index (κ3) is 1.93. The summed E-state index contributed by atoms with van der Waals surface area (Å²) in [5.41, 5.74) is 0.699. The molecule has 1 N–H and O–H groups in total. The van der Waals surface area contributed by atoms with Gasteiger partial charge < -0.3 is 9.72 Å². The Labute approximate surface area is 113 Å². The Morgan fingerprint density at radius 2 is 1.95 bits per heavy atom. The molecule has 1 aromatic heterocycles. The zero-order valence-corrected chi connectivity index (χ0v) is 10.7. The van der Waals surface area contributed by atoms with Gasteiger partial charge in [0.05, 0.1) is 23.6 Å².